The third kappa shape index (κ3) is 5.89. The number of hydrogen-bond acceptors (Lipinski definition) is 3. The van der Waals surface area contributed by atoms with Crippen molar-refractivity contribution in [1.82, 2.24) is 10.2 Å². The number of rotatable bonds is 8. The van der Waals surface area contributed by atoms with Gasteiger partial charge in [-0.3, -0.25) is 4.90 Å². The first kappa shape index (κ1) is 14.3. The molecule has 0 fully saturated rings. The lowest BCUT2D eigenvalue weighted by atomic mass is 10.2. The maximum absolute atomic E-state index is 5.78. The molecule has 0 saturated heterocycles. The fourth-order valence-electron chi connectivity index (χ4n) is 1.81. The molecular weight excluding hydrogens is 212 g/mol. The summed E-state index contributed by atoms with van der Waals surface area (Å²) in [6, 6.07) is 4.15. The Morgan fingerprint density at radius 3 is 2.65 bits per heavy atom. The van der Waals surface area contributed by atoms with Gasteiger partial charge in [0.2, 0.25) is 0 Å². The molecule has 0 aliphatic rings. The van der Waals surface area contributed by atoms with Gasteiger partial charge in [-0.25, -0.2) is 0 Å². The van der Waals surface area contributed by atoms with Crippen molar-refractivity contribution >= 4 is 0 Å². The molecule has 0 unspecified atom stereocenters. The van der Waals surface area contributed by atoms with E-state index in [0.717, 1.165) is 37.7 Å². The third-order valence-electron chi connectivity index (χ3n) is 2.60. The Bertz CT molecular complexity index is 307. The molecule has 3 nitrogen and oxygen atoms in total. The molecule has 1 heterocycles. The van der Waals surface area contributed by atoms with Crippen LogP contribution in [0.15, 0.2) is 16.5 Å². The summed E-state index contributed by atoms with van der Waals surface area (Å²) >= 11 is 0. The molecule has 1 rings (SSSR count). The van der Waals surface area contributed by atoms with Crippen LogP contribution in [-0.4, -0.2) is 25.0 Å². The molecule has 0 aliphatic heterocycles. The van der Waals surface area contributed by atoms with E-state index in [1.165, 1.54) is 6.42 Å². The molecule has 1 aromatic rings. The summed E-state index contributed by atoms with van der Waals surface area (Å²) in [5.74, 6) is 2.77. The highest BCUT2D eigenvalue weighted by Crippen LogP contribution is 2.10. The second kappa shape index (κ2) is 7.51. The minimum atomic E-state index is 0.681. The van der Waals surface area contributed by atoms with E-state index < -0.39 is 0 Å². The highest BCUT2D eigenvalue weighted by Gasteiger charge is 2.05. The smallest absolute Gasteiger partial charge is 0.118 e. The Kier molecular flexibility index (Phi) is 6.30. The lowest BCUT2D eigenvalue weighted by Crippen LogP contribution is -2.19. The zero-order valence-corrected chi connectivity index (χ0v) is 11.6. The van der Waals surface area contributed by atoms with Crippen molar-refractivity contribution in [3.8, 4) is 0 Å². The SMILES string of the molecule is CCCN(C)Cc1ccc(CNCC(C)C)o1. The van der Waals surface area contributed by atoms with Gasteiger partial charge in [-0.1, -0.05) is 20.8 Å². The summed E-state index contributed by atoms with van der Waals surface area (Å²) < 4.78 is 5.78. The lowest BCUT2D eigenvalue weighted by molar-refractivity contribution is 0.290. The van der Waals surface area contributed by atoms with Crippen molar-refractivity contribution in [1.29, 1.82) is 0 Å². The second-order valence-corrected chi connectivity index (χ2v) is 5.13. The van der Waals surface area contributed by atoms with E-state index in [2.05, 4.69) is 50.2 Å². The van der Waals surface area contributed by atoms with E-state index >= 15 is 0 Å². The van der Waals surface area contributed by atoms with Gasteiger partial charge >= 0.3 is 0 Å². The van der Waals surface area contributed by atoms with Gasteiger partial charge in [-0.15, -0.1) is 0 Å². The van der Waals surface area contributed by atoms with Crippen molar-refractivity contribution < 1.29 is 4.42 Å². The predicted molar refractivity (Wildman–Crippen MR) is 71.9 cm³/mol. The van der Waals surface area contributed by atoms with Crippen molar-refractivity contribution in [3.05, 3.63) is 23.7 Å². The first-order valence-electron chi connectivity index (χ1n) is 6.58. The van der Waals surface area contributed by atoms with E-state index in [0.29, 0.717) is 5.92 Å². The molecule has 0 aliphatic carbocycles. The Morgan fingerprint density at radius 1 is 1.29 bits per heavy atom. The zero-order valence-electron chi connectivity index (χ0n) is 11.6. The van der Waals surface area contributed by atoms with Crippen LogP contribution in [-0.2, 0) is 13.1 Å². The summed E-state index contributed by atoms with van der Waals surface area (Å²) in [5, 5.41) is 3.39. The molecule has 0 spiro atoms. The number of nitrogens with one attached hydrogen (secondary N) is 1. The third-order valence-corrected chi connectivity index (χ3v) is 2.60. The van der Waals surface area contributed by atoms with Crippen molar-refractivity contribution in [2.24, 2.45) is 5.92 Å². The lowest BCUT2D eigenvalue weighted by Gasteiger charge is -2.13. The number of hydrogen-bond donors (Lipinski definition) is 1. The Hall–Kier alpha value is -0.800. The molecule has 0 amide bonds. The van der Waals surface area contributed by atoms with E-state index in [1.54, 1.807) is 0 Å². The molecule has 0 saturated carbocycles. The zero-order chi connectivity index (χ0) is 12.7. The van der Waals surface area contributed by atoms with Crippen LogP contribution in [0.3, 0.4) is 0 Å². The van der Waals surface area contributed by atoms with Crippen LogP contribution < -0.4 is 5.32 Å². The van der Waals surface area contributed by atoms with Gasteiger partial charge in [0.1, 0.15) is 11.5 Å². The highest BCUT2D eigenvalue weighted by atomic mass is 16.3. The average Bonchev–Trinajstić information content (AvgIpc) is 2.65. The average molecular weight is 238 g/mol. The fourth-order valence-corrected chi connectivity index (χ4v) is 1.81. The van der Waals surface area contributed by atoms with Gasteiger partial charge in [-0.05, 0) is 44.6 Å². The number of nitrogens with zero attached hydrogens (tertiary/aromatic N) is 1. The molecule has 1 N–H and O–H groups in total. The van der Waals surface area contributed by atoms with Crippen molar-refractivity contribution in [2.45, 2.75) is 40.3 Å². The normalized spacial score (nSPS) is 11.6. The van der Waals surface area contributed by atoms with Gasteiger partial charge in [0.15, 0.2) is 0 Å². The van der Waals surface area contributed by atoms with E-state index in [-0.39, 0.29) is 0 Å². The topological polar surface area (TPSA) is 28.4 Å². The summed E-state index contributed by atoms with van der Waals surface area (Å²) in [7, 11) is 2.13. The van der Waals surface area contributed by atoms with Gasteiger partial charge in [0, 0.05) is 0 Å². The van der Waals surface area contributed by atoms with E-state index in [9.17, 15) is 0 Å². The minimum Gasteiger partial charge on any atom is -0.463 e. The van der Waals surface area contributed by atoms with Crippen LogP contribution in [0.2, 0.25) is 0 Å². The molecular formula is C14H26N2O. The molecule has 3 heteroatoms. The van der Waals surface area contributed by atoms with Crippen LogP contribution in [0, 0.1) is 5.92 Å². The molecule has 1 aromatic heterocycles. The van der Waals surface area contributed by atoms with Gasteiger partial charge in [-0.2, -0.15) is 0 Å². The summed E-state index contributed by atoms with van der Waals surface area (Å²) in [4.78, 5) is 2.28. The Morgan fingerprint density at radius 2 is 2.00 bits per heavy atom. The maximum Gasteiger partial charge on any atom is 0.118 e. The van der Waals surface area contributed by atoms with Crippen LogP contribution in [0.25, 0.3) is 0 Å². The predicted octanol–water partition coefficient (Wildman–Crippen LogP) is 2.87. The summed E-state index contributed by atoms with van der Waals surface area (Å²) in [6.07, 6.45) is 1.18. The van der Waals surface area contributed by atoms with Crippen LogP contribution in [0.1, 0.15) is 38.7 Å². The quantitative estimate of drug-likeness (QED) is 0.755. The molecule has 98 valence electrons. The monoisotopic (exact) mass is 238 g/mol. The maximum atomic E-state index is 5.78. The van der Waals surface area contributed by atoms with Gasteiger partial charge in [0.05, 0.1) is 13.1 Å². The second-order valence-electron chi connectivity index (χ2n) is 5.13. The summed E-state index contributed by atoms with van der Waals surface area (Å²) in [6.45, 7) is 10.5. The Balaban J connectivity index is 2.32. The largest absolute Gasteiger partial charge is 0.463 e. The van der Waals surface area contributed by atoms with Gasteiger partial charge in [0.25, 0.3) is 0 Å². The standard InChI is InChI=1S/C14H26N2O/c1-5-8-16(4)11-14-7-6-13(17-14)10-15-9-12(2)3/h6-7,12,15H,5,8-11H2,1-4H3. The Labute approximate surface area is 105 Å². The first-order chi connectivity index (χ1) is 8.11. The van der Waals surface area contributed by atoms with Crippen LogP contribution in [0.4, 0.5) is 0 Å². The van der Waals surface area contributed by atoms with Crippen LogP contribution in [0.5, 0.6) is 0 Å². The van der Waals surface area contributed by atoms with Crippen LogP contribution >= 0.6 is 0 Å². The fraction of sp³-hybridized carbons (Fsp3) is 0.714. The molecule has 0 bridgehead atoms. The minimum absolute atomic E-state index is 0.681. The summed E-state index contributed by atoms with van der Waals surface area (Å²) in [5.41, 5.74) is 0. The van der Waals surface area contributed by atoms with Crippen molar-refractivity contribution in [2.75, 3.05) is 20.1 Å². The van der Waals surface area contributed by atoms with Gasteiger partial charge < -0.3 is 9.73 Å². The first-order valence-corrected chi connectivity index (χ1v) is 6.58. The number of furan rings is 1. The molecule has 0 radical (unpaired) electrons. The molecule has 17 heavy (non-hydrogen) atoms. The van der Waals surface area contributed by atoms with E-state index in [1.807, 2.05) is 0 Å². The highest BCUT2D eigenvalue weighted by molar-refractivity contribution is 5.06. The van der Waals surface area contributed by atoms with E-state index in [4.69, 9.17) is 4.42 Å². The van der Waals surface area contributed by atoms with Crippen molar-refractivity contribution in [3.63, 3.8) is 0 Å². The molecule has 0 atom stereocenters. The molecule has 0 aromatic carbocycles.